The third kappa shape index (κ3) is 3.18. The molecule has 0 unspecified atom stereocenters. The number of para-hydroxylation sites is 1. The average molecular weight is 262 g/mol. The van der Waals surface area contributed by atoms with Crippen LogP contribution in [0.4, 0.5) is 0 Å². The van der Waals surface area contributed by atoms with E-state index in [2.05, 4.69) is 0 Å². The zero-order valence-corrected chi connectivity index (χ0v) is 10.7. The van der Waals surface area contributed by atoms with E-state index in [1.54, 1.807) is 6.07 Å². The quantitative estimate of drug-likeness (QED) is 0.814. The Bertz CT molecular complexity index is 506. The van der Waals surface area contributed by atoms with Crippen molar-refractivity contribution in [3.8, 4) is 5.75 Å². The van der Waals surface area contributed by atoms with Crippen molar-refractivity contribution in [1.82, 2.24) is 0 Å². The van der Waals surface area contributed by atoms with Crippen LogP contribution in [0.1, 0.15) is 15.2 Å². The predicted octanol–water partition coefficient (Wildman–Crippen LogP) is 2.54. The van der Waals surface area contributed by atoms with Crippen molar-refractivity contribution >= 4 is 17.1 Å². The highest BCUT2D eigenvalue weighted by atomic mass is 32.1. The summed E-state index contributed by atoms with van der Waals surface area (Å²) in [6.45, 7) is 0.0994. The fourth-order valence-corrected chi connectivity index (χ4v) is 2.27. The Hall–Kier alpha value is -1.65. The highest BCUT2D eigenvalue weighted by molar-refractivity contribution is 7.12. The summed E-state index contributed by atoms with van der Waals surface area (Å²) in [6, 6.07) is 11.1. The molecule has 0 saturated carbocycles. The molecule has 0 bridgehead atoms. The molecule has 2 aromatic rings. The Kier molecular flexibility index (Phi) is 4.50. The molecule has 1 heterocycles. The van der Waals surface area contributed by atoms with E-state index < -0.39 is 0 Å². The smallest absolute Gasteiger partial charge is 0.210 e. The van der Waals surface area contributed by atoms with E-state index in [-0.39, 0.29) is 19.0 Å². The molecule has 0 aliphatic carbocycles. The molecule has 1 N–H and O–H groups in total. The molecule has 0 fully saturated rings. The zero-order valence-electron chi connectivity index (χ0n) is 9.83. The third-order valence-electron chi connectivity index (χ3n) is 2.51. The van der Waals surface area contributed by atoms with Gasteiger partial charge >= 0.3 is 0 Å². The Labute approximate surface area is 110 Å². The van der Waals surface area contributed by atoms with Crippen LogP contribution in [-0.2, 0) is 6.42 Å². The van der Waals surface area contributed by atoms with Gasteiger partial charge in [0, 0.05) is 6.61 Å². The maximum Gasteiger partial charge on any atom is 0.210 e. The number of hydrogen-bond acceptors (Lipinski definition) is 4. The summed E-state index contributed by atoms with van der Waals surface area (Å²) < 4.78 is 5.52. The minimum Gasteiger partial charge on any atom is -0.485 e. The van der Waals surface area contributed by atoms with Crippen LogP contribution in [0.25, 0.3) is 0 Å². The maximum atomic E-state index is 11.8. The van der Waals surface area contributed by atoms with Crippen LogP contribution in [0.15, 0.2) is 41.8 Å². The normalized spacial score (nSPS) is 10.3. The second-order valence-corrected chi connectivity index (χ2v) is 4.72. The number of aliphatic hydroxyl groups excluding tert-OH is 1. The van der Waals surface area contributed by atoms with Crippen LogP contribution in [0.5, 0.6) is 5.75 Å². The van der Waals surface area contributed by atoms with Crippen molar-refractivity contribution in [3.05, 3.63) is 52.2 Å². The molecule has 0 amide bonds. The number of hydrogen-bond donors (Lipinski definition) is 1. The summed E-state index contributed by atoms with van der Waals surface area (Å²) in [6.07, 6.45) is 0.531. The number of ether oxygens (including phenoxy) is 1. The standard InChI is InChI=1S/C14H14O3S/c15-8-7-11-4-1-2-5-13(11)17-10-12(16)14-6-3-9-18-14/h1-6,9,15H,7-8,10H2. The lowest BCUT2D eigenvalue weighted by molar-refractivity contribution is 0.0925. The summed E-state index contributed by atoms with van der Waals surface area (Å²) in [4.78, 5) is 12.5. The van der Waals surface area contributed by atoms with Crippen molar-refractivity contribution in [3.63, 3.8) is 0 Å². The first-order valence-corrected chi connectivity index (χ1v) is 6.57. The topological polar surface area (TPSA) is 46.5 Å². The summed E-state index contributed by atoms with van der Waals surface area (Å²) in [7, 11) is 0. The first kappa shape index (κ1) is 12.8. The zero-order chi connectivity index (χ0) is 12.8. The minimum atomic E-state index is -0.0243. The monoisotopic (exact) mass is 262 g/mol. The molecule has 0 saturated heterocycles. The number of carbonyl (C=O) groups excluding carboxylic acids is 1. The molecular formula is C14H14O3S. The number of aliphatic hydroxyl groups is 1. The van der Waals surface area contributed by atoms with E-state index >= 15 is 0 Å². The van der Waals surface area contributed by atoms with Crippen LogP contribution in [0.2, 0.25) is 0 Å². The fourth-order valence-electron chi connectivity index (χ4n) is 1.62. The van der Waals surface area contributed by atoms with Gasteiger partial charge < -0.3 is 9.84 Å². The van der Waals surface area contributed by atoms with Crippen LogP contribution in [-0.4, -0.2) is 24.1 Å². The van der Waals surface area contributed by atoms with Gasteiger partial charge in [0.05, 0.1) is 4.88 Å². The SMILES string of the molecule is O=C(COc1ccccc1CCO)c1cccs1. The van der Waals surface area contributed by atoms with E-state index in [9.17, 15) is 4.79 Å². The molecule has 0 aliphatic heterocycles. The number of rotatable bonds is 6. The van der Waals surface area contributed by atoms with Crippen molar-refractivity contribution < 1.29 is 14.6 Å². The van der Waals surface area contributed by atoms with Gasteiger partial charge in [-0.05, 0) is 29.5 Å². The van der Waals surface area contributed by atoms with Gasteiger partial charge in [-0.3, -0.25) is 4.79 Å². The second-order valence-electron chi connectivity index (χ2n) is 3.77. The van der Waals surface area contributed by atoms with Crippen molar-refractivity contribution in [2.24, 2.45) is 0 Å². The molecule has 3 nitrogen and oxygen atoms in total. The molecule has 18 heavy (non-hydrogen) atoms. The van der Waals surface area contributed by atoms with Gasteiger partial charge in [0.15, 0.2) is 6.61 Å². The predicted molar refractivity (Wildman–Crippen MR) is 71.4 cm³/mol. The highest BCUT2D eigenvalue weighted by Gasteiger charge is 2.09. The summed E-state index contributed by atoms with van der Waals surface area (Å²) in [5.74, 6) is 0.639. The van der Waals surface area contributed by atoms with Gasteiger partial charge in [-0.1, -0.05) is 24.3 Å². The number of carbonyl (C=O) groups is 1. The number of thiophene rings is 1. The molecule has 1 aromatic carbocycles. The summed E-state index contributed by atoms with van der Waals surface area (Å²) in [5.41, 5.74) is 0.916. The van der Waals surface area contributed by atoms with Crippen LogP contribution >= 0.6 is 11.3 Å². The molecule has 0 radical (unpaired) electrons. The van der Waals surface area contributed by atoms with E-state index in [1.165, 1.54) is 11.3 Å². The van der Waals surface area contributed by atoms with Crippen molar-refractivity contribution in [2.75, 3.05) is 13.2 Å². The Morgan fingerprint density at radius 2 is 2.06 bits per heavy atom. The average Bonchev–Trinajstić information content (AvgIpc) is 2.92. The highest BCUT2D eigenvalue weighted by Crippen LogP contribution is 2.19. The lowest BCUT2D eigenvalue weighted by Crippen LogP contribution is -2.11. The Morgan fingerprint density at radius 3 is 2.78 bits per heavy atom. The first-order chi connectivity index (χ1) is 8.81. The van der Waals surface area contributed by atoms with Gasteiger partial charge in [-0.25, -0.2) is 0 Å². The van der Waals surface area contributed by atoms with E-state index in [0.717, 1.165) is 5.56 Å². The summed E-state index contributed by atoms with van der Waals surface area (Å²) in [5, 5.41) is 10.8. The van der Waals surface area contributed by atoms with Gasteiger partial charge in [-0.15, -0.1) is 11.3 Å². The Morgan fingerprint density at radius 1 is 1.22 bits per heavy atom. The van der Waals surface area contributed by atoms with Crippen LogP contribution < -0.4 is 4.74 Å². The van der Waals surface area contributed by atoms with E-state index in [1.807, 2.05) is 35.7 Å². The van der Waals surface area contributed by atoms with Gasteiger partial charge in [0.1, 0.15) is 5.75 Å². The van der Waals surface area contributed by atoms with Gasteiger partial charge in [0.2, 0.25) is 5.78 Å². The first-order valence-electron chi connectivity index (χ1n) is 5.69. The lowest BCUT2D eigenvalue weighted by atomic mass is 10.1. The third-order valence-corrected chi connectivity index (χ3v) is 3.42. The van der Waals surface area contributed by atoms with E-state index in [0.29, 0.717) is 17.0 Å². The molecule has 4 heteroatoms. The number of Topliss-reactive ketones (excluding diaryl/α,β-unsaturated/α-hetero) is 1. The molecule has 0 spiro atoms. The van der Waals surface area contributed by atoms with Crippen LogP contribution in [0.3, 0.4) is 0 Å². The molecule has 0 atom stereocenters. The number of benzene rings is 1. The lowest BCUT2D eigenvalue weighted by Gasteiger charge is -2.09. The minimum absolute atomic E-state index is 0.0243. The van der Waals surface area contributed by atoms with Crippen LogP contribution in [0, 0.1) is 0 Å². The fraction of sp³-hybridized carbons (Fsp3) is 0.214. The second kappa shape index (κ2) is 6.33. The largest absolute Gasteiger partial charge is 0.485 e. The van der Waals surface area contributed by atoms with Crippen molar-refractivity contribution in [1.29, 1.82) is 0 Å². The summed E-state index contributed by atoms with van der Waals surface area (Å²) >= 11 is 1.41. The van der Waals surface area contributed by atoms with E-state index in [4.69, 9.17) is 9.84 Å². The van der Waals surface area contributed by atoms with Gasteiger partial charge in [0.25, 0.3) is 0 Å². The molecule has 94 valence electrons. The molecule has 2 rings (SSSR count). The van der Waals surface area contributed by atoms with Gasteiger partial charge in [-0.2, -0.15) is 0 Å². The molecule has 1 aromatic heterocycles. The Balaban J connectivity index is 2.00. The molecule has 0 aliphatic rings. The molecular weight excluding hydrogens is 248 g/mol. The maximum absolute atomic E-state index is 11.8. The van der Waals surface area contributed by atoms with Crippen molar-refractivity contribution in [2.45, 2.75) is 6.42 Å². The number of ketones is 1.